The maximum atomic E-state index is 12.9. The Morgan fingerprint density at radius 3 is 2.52 bits per heavy atom. The van der Waals surface area contributed by atoms with Crippen LogP contribution in [0.3, 0.4) is 0 Å². The van der Waals surface area contributed by atoms with E-state index in [2.05, 4.69) is 4.98 Å². The van der Waals surface area contributed by atoms with E-state index in [0.29, 0.717) is 56.8 Å². The van der Waals surface area contributed by atoms with Crippen molar-refractivity contribution in [2.75, 3.05) is 26.3 Å². The molecule has 1 saturated heterocycles. The summed E-state index contributed by atoms with van der Waals surface area (Å²) in [6.45, 7) is 13.3. The van der Waals surface area contributed by atoms with E-state index >= 15 is 0 Å². The van der Waals surface area contributed by atoms with Crippen LogP contribution in [0.15, 0.2) is 71.6 Å². The molecule has 0 spiro atoms. The minimum Gasteiger partial charge on any atom is -0.487 e. The summed E-state index contributed by atoms with van der Waals surface area (Å²) in [6.07, 6.45) is 2.57. The Bertz CT molecular complexity index is 1500. The van der Waals surface area contributed by atoms with Gasteiger partial charge in [-0.05, 0) is 74.6 Å². The second kappa shape index (κ2) is 15.7. The largest absolute Gasteiger partial charge is 0.487 e. The fourth-order valence-electron chi connectivity index (χ4n) is 5.21. The van der Waals surface area contributed by atoms with Crippen molar-refractivity contribution in [2.24, 2.45) is 0 Å². The first-order valence-electron chi connectivity index (χ1n) is 15.1. The molecule has 44 heavy (non-hydrogen) atoms. The van der Waals surface area contributed by atoms with Crippen molar-refractivity contribution in [1.29, 1.82) is 0 Å². The van der Waals surface area contributed by atoms with Crippen LogP contribution in [0.5, 0.6) is 5.75 Å². The van der Waals surface area contributed by atoms with E-state index in [1.165, 1.54) is 6.07 Å². The van der Waals surface area contributed by atoms with Crippen molar-refractivity contribution >= 4 is 17.3 Å². The fraction of sp³-hybridized carbons (Fsp3) is 0.441. The number of Topliss-reactive ketones (excluding diaryl/α,β-unsaturated/α-hetero) is 1. The van der Waals surface area contributed by atoms with Crippen molar-refractivity contribution in [3.05, 3.63) is 88.4 Å². The number of amides is 1. The average molecular weight is 614 g/mol. The molecule has 0 bridgehead atoms. The highest BCUT2D eigenvalue weighted by Gasteiger charge is 2.35. The molecule has 2 aliphatic rings. The highest BCUT2D eigenvalue weighted by Crippen LogP contribution is 2.38. The van der Waals surface area contributed by atoms with Crippen LogP contribution in [0, 0.1) is 0 Å². The Morgan fingerprint density at radius 1 is 1.18 bits per heavy atom. The molecule has 4 heterocycles. The maximum absolute atomic E-state index is 12.9. The molecule has 0 radical (unpaired) electrons. The normalized spacial score (nSPS) is 17.1. The van der Waals surface area contributed by atoms with Gasteiger partial charge in [-0.25, -0.2) is 4.98 Å². The van der Waals surface area contributed by atoms with Gasteiger partial charge in [0, 0.05) is 31.3 Å². The van der Waals surface area contributed by atoms with E-state index in [0.717, 1.165) is 28.4 Å². The minimum atomic E-state index is -4.39. The Kier molecular flexibility index (Phi) is 12.3. The maximum Gasteiger partial charge on any atom is 0.419 e. The number of carbonyl (C=O) groups excluding carboxylic acids is 2. The number of benzene rings is 1. The predicted octanol–water partition coefficient (Wildman–Crippen LogP) is 7.49. The van der Waals surface area contributed by atoms with Gasteiger partial charge in [0.1, 0.15) is 23.2 Å². The number of nitrogens with zero attached hydrogens (tertiary/aromatic N) is 3. The first-order chi connectivity index (χ1) is 21.0. The number of alkyl halides is 3. The third-order valence-corrected chi connectivity index (χ3v) is 7.43. The summed E-state index contributed by atoms with van der Waals surface area (Å²) in [4.78, 5) is 30.7. The summed E-state index contributed by atoms with van der Waals surface area (Å²) >= 11 is 0. The van der Waals surface area contributed by atoms with Crippen molar-refractivity contribution in [3.8, 4) is 5.75 Å². The van der Waals surface area contributed by atoms with Gasteiger partial charge >= 0.3 is 6.18 Å². The van der Waals surface area contributed by atoms with Crippen LogP contribution in [0.4, 0.5) is 13.2 Å². The van der Waals surface area contributed by atoms with Crippen LogP contribution in [-0.4, -0.2) is 58.4 Å². The van der Waals surface area contributed by atoms with Crippen molar-refractivity contribution in [3.63, 3.8) is 0 Å². The molecule has 0 saturated carbocycles. The smallest absolute Gasteiger partial charge is 0.419 e. The highest BCUT2D eigenvalue weighted by atomic mass is 19.4. The lowest BCUT2D eigenvalue weighted by atomic mass is 9.91. The third-order valence-electron chi connectivity index (χ3n) is 7.43. The SMILES string of the molecule is C/C=C(/C(C)=O)C1=C(C)CN(C(=O)c2cnc3ccccn23)CC1.CC.CCc1ccc(OC2CCOC2)c(C(F)(F)F)c1. The van der Waals surface area contributed by atoms with Gasteiger partial charge in [0.05, 0.1) is 25.0 Å². The summed E-state index contributed by atoms with van der Waals surface area (Å²) in [5.74, 6) is -0.0550. The van der Waals surface area contributed by atoms with Crippen molar-refractivity contribution in [1.82, 2.24) is 14.3 Å². The number of hydrogen-bond donors (Lipinski definition) is 0. The molecule has 0 aliphatic carbocycles. The monoisotopic (exact) mass is 613 g/mol. The Balaban J connectivity index is 0.000000236. The highest BCUT2D eigenvalue weighted by molar-refractivity contribution is 5.98. The Morgan fingerprint density at radius 2 is 1.93 bits per heavy atom. The molecule has 2 aromatic heterocycles. The molecular weight excluding hydrogens is 571 g/mol. The molecular formula is C34H42F3N3O4. The van der Waals surface area contributed by atoms with Gasteiger partial charge in [-0.1, -0.05) is 39.0 Å². The fourth-order valence-corrected chi connectivity index (χ4v) is 5.21. The van der Waals surface area contributed by atoms with Crippen LogP contribution in [0.2, 0.25) is 0 Å². The molecule has 3 aromatic rings. The lowest BCUT2D eigenvalue weighted by Crippen LogP contribution is -2.37. The average Bonchev–Trinajstić information content (AvgIpc) is 3.69. The first-order valence-corrected chi connectivity index (χ1v) is 15.1. The number of pyridine rings is 1. The zero-order valence-corrected chi connectivity index (χ0v) is 26.3. The summed E-state index contributed by atoms with van der Waals surface area (Å²) in [7, 11) is 0. The molecule has 1 aromatic carbocycles. The number of imidazole rings is 1. The predicted molar refractivity (Wildman–Crippen MR) is 165 cm³/mol. The van der Waals surface area contributed by atoms with Gasteiger partial charge in [0.15, 0.2) is 5.78 Å². The quantitative estimate of drug-likeness (QED) is 0.269. The number of hydrogen-bond acceptors (Lipinski definition) is 5. The molecule has 1 unspecified atom stereocenters. The number of aromatic nitrogens is 2. The van der Waals surface area contributed by atoms with E-state index in [9.17, 15) is 22.8 Å². The van der Waals surface area contributed by atoms with E-state index < -0.39 is 11.7 Å². The van der Waals surface area contributed by atoms with E-state index in [1.807, 2.05) is 74.4 Å². The van der Waals surface area contributed by atoms with E-state index in [-0.39, 0.29) is 23.5 Å². The number of rotatable bonds is 6. The molecule has 1 amide bonds. The lowest BCUT2D eigenvalue weighted by Gasteiger charge is -2.30. The number of aryl methyl sites for hydroxylation is 1. The lowest BCUT2D eigenvalue weighted by molar-refractivity contribution is -0.139. The number of halogens is 3. The van der Waals surface area contributed by atoms with Gasteiger partial charge in [-0.15, -0.1) is 0 Å². The van der Waals surface area contributed by atoms with Crippen LogP contribution in [-0.2, 0) is 22.1 Å². The Labute approximate surface area is 257 Å². The third kappa shape index (κ3) is 8.37. The van der Waals surface area contributed by atoms with Crippen LogP contribution >= 0.6 is 0 Å². The first kappa shape index (κ1) is 34.6. The summed E-state index contributed by atoms with van der Waals surface area (Å²) in [6, 6.07) is 9.89. The van der Waals surface area contributed by atoms with Crippen LogP contribution in [0.25, 0.3) is 5.65 Å². The van der Waals surface area contributed by atoms with E-state index in [1.54, 1.807) is 19.2 Å². The van der Waals surface area contributed by atoms with Gasteiger partial charge in [0.2, 0.25) is 0 Å². The van der Waals surface area contributed by atoms with Gasteiger partial charge in [-0.2, -0.15) is 13.2 Å². The minimum absolute atomic E-state index is 0.0306. The number of ether oxygens (including phenoxy) is 2. The van der Waals surface area contributed by atoms with E-state index in [4.69, 9.17) is 9.47 Å². The number of fused-ring (bicyclic) bond motifs is 1. The van der Waals surface area contributed by atoms with Crippen LogP contribution in [0.1, 0.15) is 76.0 Å². The summed E-state index contributed by atoms with van der Waals surface area (Å²) in [5, 5.41) is 0. The zero-order valence-electron chi connectivity index (χ0n) is 26.3. The topological polar surface area (TPSA) is 73.1 Å². The second-order valence-electron chi connectivity index (χ2n) is 10.4. The zero-order chi connectivity index (χ0) is 32.4. The van der Waals surface area contributed by atoms with Crippen molar-refractivity contribution < 1.29 is 32.2 Å². The Hall–Kier alpha value is -3.92. The molecule has 0 N–H and O–H groups in total. The molecule has 238 valence electrons. The number of allylic oxidation sites excluding steroid dienone is 2. The number of carbonyl (C=O) groups is 2. The van der Waals surface area contributed by atoms with Gasteiger partial charge in [-0.3, -0.25) is 14.0 Å². The molecule has 10 heteroatoms. The molecule has 7 nitrogen and oxygen atoms in total. The van der Waals surface area contributed by atoms with Crippen molar-refractivity contribution in [2.45, 2.75) is 73.1 Å². The standard InChI is InChI=1S/C19H21N3O2.C13H15F3O2.C2H6/c1-4-15(14(3)23)16-8-10-21(12-13(16)2)19(24)17-11-20-18-7-5-6-9-22(17)18;1-2-9-3-4-12(11(7-9)13(14,15)16)18-10-5-6-17-8-10;1-2/h4-7,9,11H,8,10,12H2,1-3H3;3-4,7,10H,2,5-6,8H2,1H3;1-2H3/b15-4-;;. The molecule has 1 atom stereocenters. The molecule has 5 rings (SSSR count). The number of ketones is 1. The summed E-state index contributed by atoms with van der Waals surface area (Å²) in [5.41, 5.74) is 4.21. The molecule has 2 aliphatic heterocycles. The second-order valence-corrected chi connectivity index (χ2v) is 10.4. The van der Waals surface area contributed by atoms with Crippen LogP contribution < -0.4 is 4.74 Å². The molecule has 1 fully saturated rings. The summed E-state index contributed by atoms with van der Waals surface area (Å²) < 4.78 is 51.1. The van der Waals surface area contributed by atoms with Gasteiger partial charge in [0.25, 0.3) is 5.91 Å². The van der Waals surface area contributed by atoms with Gasteiger partial charge < -0.3 is 14.4 Å².